The van der Waals surface area contributed by atoms with E-state index in [-0.39, 0.29) is 18.6 Å². The Morgan fingerprint density at radius 2 is 1.50 bits per heavy atom. The predicted molar refractivity (Wildman–Crippen MR) is 122 cm³/mol. The molecule has 178 valence electrons. The Morgan fingerprint density at radius 3 is 2.12 bits per heavy atom. The summed E-state index contributed by atoms with van der Waals surface area (Å²) in [4.78, 5) is 16.9. The van der Waals surface area contributed by atoms with E-state index in [1.807, 2.05) is 18.2 Å². The van der Waals surface area contributed by atoms with Gasteiger partial charge in [-0.2, -0.15) is 8.78 Å². The highest BCUT2D eigenvalue weighted by molar-refractivity contribution is 9.10. The van der Waals surface area contributed by atoms with Crippen molar-refractivity contribution in [3.63, 3.8) is 0 Å². The second-order valence-electron chi connectivity index (χ2n) is 7.94. The zero-order valence-corrected chi connectivity index (χ0v) is 19.6. The van der Waals surface area contributed by atoms with E-state index in [0.29, 0.717) is 24.2 Å². The van der Waals surface area contributed by atoms with Crippen molar-refractivity contribution in [3.05, 3.63) is 99.0 Å². The topological polar surface area (TPSA) is 32.8 Å². The van der Waals surface area contributed by atoms with Gasteiger partial charge in [-0.25, -0.2) is 8.78 Å². The first-order valence-corrected chi connectivity index (χ1v) is 11.4. The first-order chi connectivity index (χ1) is 16.3. The maximum atomic E-state index is 13.7. The van der Waals surface area contributed by atoms with Gasteiger partial charge in [-0.1, -0.05) is 46.3 Å². The molecule has 0 aliphatic carbocycles. The maximum absolute atomic E-state index is 13.7. The van der Waals surface area contributed by atoms with Crippen molar-refractivity contribution >= 4 is 21.8 Å². The van der Waals surface area contributed by atoms with E-state index in [1.54, 1.807) is 29.2 Å². The van der Waals surface area contributed by atoms with Crippen LogP contribution in [0.1, 0.15) is 21.5 Å². The third kappa shape index (κ3) is 5.42. The van der Waals surface area contributed by atoms with E-state index < -0.39 is 29.0 Å². The summed E-state index contributed by atoms with van der Waals surface area (Å²) in [6.07, 6.45) is 0. The number of amides is 1. The monoisotopic (exact) mass is 536 g/mol. The largest absolute Gasteiger partial charge is 0.483 e. The number of carbonyl (C=O) groups is 1. The van der Waals surface area contributed by atoms with Crippen molar-refractivity contribution in [2.75, 3.05) is 26.2 Å². The van der Waals surface area contributed by atoms with Crippen molar-refractivity contribution < 1.29 is 27.1 Å². The molecule has 9 heteroatoms. The van der Waals surface area contributed by atoms with Crippen molar-refractivity contribution in [2.24, 2.45) is 0 Å². The minimum atomic E-state index is -1.59. The van der Waals surface area contributed by atoms with Gasteiger partial charge in [-0.3, -0.25) is 9.69 Å². The van der Waals surface area contributed by atoms with E-state index in [0.717, 1.165) is 24.1 Å². The number of benzene rings is 3. The highest BCUT2D eigenvalue weighted by atomic mass is 79.9. The van der Waals surface area contributed by atoms with Gasteiger partial charge in [0.1, 0.15) is 6.61 Å². The summed E-state index contributed by atoms with van der Waals surface area (Å²) in [7, 11) is 0. The molecule has 0 aromatic heterocycles. The molecule has 4 nitrogen and oxygen atoms in total. The molecule has 34 heavy (non-hydrogen) atoms. The van der Waals surface area contributed by atoms with E-state index in [1.165, 1.54) is 5.56 Å². The Kier molecular flexibility index (Phi) is 7.53. The predicted octanol–water partition coefficient (Wildman–Crippen LogP) is 5.54. The van der Waals surface area contributed by atoms with Crippen LogP contribution >= 0.6 is 15.9 Å². The van der Waals surface area contributed by atoms with Gasteiger partial charge >= 0.3 is 0 Å². The molecule has 0 unspecified atom stereocenters. The van der Waals surface area contributed by atoms with Crippen LogP contribution in [-0.4, -0.2) is 41.9 Å². The summed E-state index contributed by atoms with van der Waals surface area (Å²) in [5, 5.41) is 0. The lowest BCUT2D eigenvalue weighted by atomic mass is 10.1. The van der Waals surface area contributed by atoms with Crippen LogP contribution in [0.4, 0.5) is 17.6 Å². The Bertz CT molecular complexity index is 1160. The molecule has 1 saturated heterocycles. The summed E-state index contributed by atoms with van der Waals surface area (Å²) in [6.45, 7) is 3.17. The SMILES string of the molecule is O=C(c1ccc(COc2c(F)c(F)cc(F)c2F)cc1)N1CCN(Cc2ccccc2Br)CC1. The quantitative estimate of drug-likeness (QED) is 0.306. The first kappa shape index (κ1) is 24.2. The van der Waals surface area contributed by atoms with Crippen LogP contribution in [0.25, 0.3) is 0 Å². The average Bonchev–Trinajstić information content (AvgIpc) is 2.85. The molecule has 1 heterocycles. The number of nitrogens with zero attached hydrogens (tertiary/aromatic N) is 2. The number of ether oxygens (including phenoxy) is 1. The van der Waals surface area contributed by atoms with Gasteiger partial charge in [0.25, 0.3) is 5.91 Å². The molecule has 1 fully saturated rings. The molecule has 1 aliphatic rings. The fourth-order valence-electron chi connectivity index (χ4n) is 3.74. The van der Waals surface area contributed by atoms with Crippen LogP contribution in [-0.2, 0) is 13.2 Å². The molecule has 0 bridgehead atoms. The molecular formula is C25H21BrF4N2O2. The minimum absolute atomic E-state index is 0.114. The Hall–Kier alpha value is -2.91. The minimum Gasteiger partial charge on any atom is -0.483 e. The van der Waals surface area contributed by atoms with Crippen molar-refractivity contribution in [1.29, 1.82) is 0 Å². The second-order valence-corrected chi connectivity index (χ2v) is 8.80. The highest BCUT2D eigenvalue weighted by Crippen LogP contribution is 2.27. The van der Waals surface area contributed by atoms with E-state index in [9.17, 15) is 22.4 Å². The number of halogens is 5. The van der Waals surface area contributed by atoms with E-state index >= 15 is 0 Å². The number of hydrogen-bond acceptors (Lipinski definition) is 3. The van der Waals surface area contributed by atoms with Gasteiger partial charge in [0, 0.05) is 48.8 Å². The van der Waals surface area contributed by atoms with Crippen LogP contribution in [0.15, 0.2) is 59.1 Å². The van der Waals surface area contributed by atoms with Gasteiger partial charge in [-0.15, -0.1) is 0 Å². The molecule has 3 aromatic carbocycles. The second kappa shape index (κ2) is 10.6. The summed E-state index contributed by atoms with van der Waals surface area (Å²) < 4.78 is 60.1. The van der Waals surface area contributed by atoms with Gasteiger partial charge in [0.2, 0.25) is 11.6 Å². The third-order valence-corrected chi connectivity index (χ3v) is 6.44. The summed E-state index contributed by atoms with van der Waals surface area (Å²) in [5.41, 5.74) is 2.15. The van der Waals surface area contributed by atoms with Crippen LogP contribution in [0.3, 0.4) is 0 Å². The average molecular weight is 537 g/mol. The normalized spacial score (nSPS) is 14.3. The standard InChI is InChI=1S/C25H21BrF4N2O2/c26-19-4-2-1-3-18(19)14-31-9-11-32(12-10-31)25(33)17-7-5-16(6-8-17)15-34-24-22(29)20(27)13-21(28)23(24)30/h1-8,13H,9-12,14-15H2. The molecule has 4 rings (SSSR count). The van der Waals surface area contributed by atoms with Gasteiger partial charge in [-0.05, 0) is 29.3 Å². The molecule has 3 aromatic rings. The van der Waals surface area contributed by atoms with Crippen LogP contribution in [0.5, 0.6) is 5.75 Å². The Labute approximate surface area is 202 Å². The molecular weight excluding hydrogens is 516 g/mol. The van der Waals surface area contributed by atoms with Crippen LogP contribution < -0.4 is 4.74 Å². The van der Waals surface area contributed by atoms with Gasteiger partial charge in [0.05, 0.1) is 0 Å². The highest BCUT2D eigenvalue weighted by Gasteiger charge is 2.23. The molecule has 0 radical (unpaired) electrons. The Balaban J connectivity index is 1.32. The number of rotatable bonds is 6. The van der Waals surface area contributed by atoms with Crippen molar-refractivity contribution in [2.45, 2.75) is 13.2 Å². The zero-order chi connectivity index (χ0) is 24.2. The van der Waals surface area contributed by atoms with Crippen LogP contribution in [0.2, 0.25) is 0 Å². The van der Waals surface area contributed by atoms with Gasteiger partial charge in [0.15, 0.2) is 17.4 Å². The molecule has 0 N–H and O–H groups in total. The lowest BCUT2D eigenvalue weighted by Crippen LogP contribution is -2.48. The van der Waals surface area contributed by atoms with Crippen molar-refractivity contribution in [1.82, 2.24) is 9.80 Å². The van der Waals surface area contributed by atoms with E-state index in [2.05, 4.69) is 26.9 Å². The fraction of sp³-hybridized carbons (Fsp3) is 0.240. The fourth-order valence-corrected chi connectivity index (χ4v) is 4.15. The lowest BCUT2D eigenvalue weighted by molar-refractivity contribution is 0.0628. The van der Waals surface area contributed by atoms with E-state index in [4.69, 9.17) is 4.74 Å². The van der Waals surface area contributed by atoms with Gasteiger partial charge < -0.3 is 9.64 Å². The molecule has 0 saturated carbocycles. The number of carbonyl (C=O) groups excluding carboxylic acids is 1. The maximum Gasteiger partial charge on any atom is 0.253 e. The van der Waals surface area contributed by atoms with Crippen molar-refractivity contribution in [3.8, 4) is 5.75 Å². The molecule has 0 atom stereocenters. The zero-order valence-electron chi connectivity index (χ0n) is 18.0. The number of piperazine rings is 1. The summed E-state index contributed by atoms with van der Waals surface area (Å²) in [5.74, 6) is -7.48. The number of hydrogen-bond donors (Lipinski definition) is 0. The molecule has 0 spiro atoms. The summed E-state index contributed by atoms with van der Waals surface area (Å²) in [6, 6.07) is 14.5. The Morgan fingerprint density at radius 1 is 0.882 bits per heavy atom. The van der Waals surface area contributed by atoms with Crippen LogP contribution in [0, 0.1) is 23.3 Å². The third-order valence-electron chi connectivity index (χ3n) is 5.67. The molecule has 1 amide bonds. The molecule has 1 aliphatic heterocycles. The summed E-state index contributed by atoms with van der Waals surface area (Å²) >= 11 is 3.56. The lowest BCUT2D eigenvalue weighted by Gasteiger charge is -2.35. The first-order valence-electron chi connectivity index (χ1n) is 10.6. The smallest absolute Gasteiger partial charge is 0.253 e.